The van der Waals surface area contributed by atoms with Gasteiger partial charge in [-0.3, -0.25) is 14.8 Å². The lowest BCUT2D eigenvalue weighted by Gasteiger charge is -2.12. The Labute approximate surface area is 68.7 Å². The molecule has 0 aromatic carbocycles. The van der Waals surface area contributed by atoms with Gasteiger partial charge in [0.05, 0.1) is 6.61 Å². The Morgan fingerprint density at radius 1 is 1.75 bits per heavy atom. The quantitative estimate of drug-likeness (QED) is 0.403. The Morgan fingerprint density at radius 2 is 2.25 bits per heavy atom. The van der Waals surface area contributed by atoms with E-state index >= 15 is 0 Å². The van der Waals surface area contributed by atoms with Crippen molar-refractivity contribution in [2.45, 2.75) is 13.2 Å². The topological polar surface area (TPSA) is 119 Å². The lowest BCUT2D eigenvalue weighted by atomic mass is 10.6. The van der Waals surface area contributed by atoms with Crippen LogP contribution in [0, 0.1) is 0 Å². The molecule has 4 N–H and O–H groups in total. The van der Waals surface area contributed by atoms with Crippen molar-refractivity contribution in [3.8, 4) is 0 Å². The Hall–Kier alpha value is -0.460. The lowest BCUT2D eigenvalue weighted by Crippen LogP contribution is -2.32. The van der Waals surface area contributed by atoms with Gasteiger partial charge in [-0.2, -0.15) is 0 Å². The van der Waals surface area contributed by atoms with Crippen molar-refractivity contribution in [2.75, 3.05) is 6.61 Å². The van der Waals surface area contributed by atoms with Gasteiger partial charge in [0.15, 0.2) is 0 Å². The monoisotopic (exact) mass is 199 g/mol. The van der Waals surface area contributed by atoms with Gasteiger partial charge in [-0.1, -0.05) is 0 Å². The number of phosphoric acid groups is 1. The molecule has 0 aromatic rings. The van der Waals surface area contributed by atoms with Crippen molar-refractivity contribution in [1.29, 1.82) is 0 Å². The summed E-state index contributed by atoms with van der Waals surface area (Å²) in [6.07, 6.45) is -1.85. The molecule has 1 unspecified atom stereocenters. The fraction of sp³-hybridized carbons (Fsp3) is 0.750. The van der Waals surface area contributed by atoms with Crippen molar-refractivity contribution in [1.82, 2.24) is 0 Å². The number of hydrogen-bond donors (Lipinski definition) is 3. The van der Waals surface area contributed by atoms with Crippen LogP contribution in [-0.4, -0.2) is 28.8 Å². The molecular weight excluding hydrogens is 189 g/mol. The molecule has 8 heteroatoms. The van der Waals surface area contributed by atoms with Crippen molar-refractivity contribution in [3.05, 3.63) is 0 Å². The average Bonchev–Trinajstić information content (AvgIpc) is 1.85. The van der Waals surface area contributed by atoms with E-state index in [-0.39, 0.29) is 6.61 Å². The molecule has 0 aliphatic rings. The number of nitrogens with two attached hydrogens (primary N) is 1. The van der Waals surface area contributed by atoms with E-state index in [0.717, 1.165) is 0 Å². The summed E-state index contributed by atoms with van der Waals surface area (Å²) in [5.41, 5.74) is 4.80. The van der Waals surface area contributed by atoms with Gasteiger partial charge in [0.2, 0.25) is 6.23 Å². The van der Waals surface area contributed by atoms with E-state index in [4.69, 9.17) is 15.7 Å². The summed E-state index contributed by atoms with van der Waals surface area (Å²) < 4.78 is 18.9. The molecule has 0 fully saturated rings. The Balaban J connectivity index is 4.05. The number of carboxylic acids is 1. The van der Waals surface area contributed by atoms with Crippen LogP contribution in [0.3, 0.4) is 0 Å². The second kappa shape index (κ2) is 4.54. The first-order valence-electron chi connectivity index (χ1n) is 3.03. The molecule has 0 radical (unpaired) electrons. The zero-order valence-electron chi connectivity index (χ0n) is 6.34. The minimum absolute atomic E-state index is 0.0693. The molecule has 0 spiro atoms. The molecule has 0 saturated carbocycles. The second-order valence-electron chi connectivity index (χ2n) is 1.75. The predicted molar refractivity (Wildman–Crippen MR) is 38.1 cm³/mol. The maximum absolute atomic E-state index is 10.7. The Morgan fingerprint density at radius 3 is 2.58 bits per heavy atom. The highest BCUT2D eigenvalue weighted by atomic mass is 31.2. The van der Waals surface area contributed by atoms with Gasteiger partial charge >= 0.3 is 13.8 Å². The fourth-order valence-electron chi connectivity index (χ4n) is 0.382. The third-order valence-corrected chi connectivity index (χ3v) is 1.86. The normalized spacial score (nSPS) is 18.2. The first-order valence-corrected chi connectivity index (χ1v) is 4.52. The molecule has 0 aromatic heterocycles. The van der Waals surface area contributed by atoms with E-state index in [1.807, 2.05) is 0 Å². The number of phosphoric ester groups is 1. The van der Waals surface area contributed by atoms with E-state index in [2.05, 4.69) is 9.05 Å². The summed E-state index contributed by atoms with van der Waals surface area (Å²) in [5, 5.41) is 8.18. The minimum atomic E-state index is -4.31. The van der Waals surface area contributed by atoms with Crippen LogP contribution >= 0.6 is 7.82 Å². The van der Waals surface area contributed by atoms with Crippen molar-refractivity contribution >= 4 is 13.8 Å². The summed E-state index contributed by atoms with van der Waals surface area (Å²) in [6.45, 7) is 1.39. The predicted octanol–water partition coefficient (Wildman–Crippen LogP) is -0.491. The highest BCUT2D eigenvalue weighted by molar-refractivity contribution is 7.47. The van der Waals surface area contributed by atoms with Gasteiger partial charge in [-0.15, -0.1) is 0 Å². The molecule has 0 amide bonds. The van der Waals surface area contributed by atoms with Gasteiger partial charge < -0.3 is 10.00 Å². The van der Waals surface area contributed by atoms with Crippen LogP contribution < -0.4 is 5.73 Å². The van der Waals surface area contributed by atoms with E-state index in [0.29, 0.717) is 0 Å². The van der Waals surface area contributed by atoms with Gasteiger partial charge in [0, 0.05) is 0 Å². The SMILES string of the molecule is CCOP(=O)(O)O[C@H](N)C(=O)O. The first-order chi connectivity index (χ1) is 5.39. The van der Waals surface area contributed by atoms with Crippen LogP contribution in [0.4, 0.5) is 0 Å². The number of carbonyl (C=O) groups is 1. The third kappa shape index (κ3) is 4.42. The Bertz CT molecular complexity index is 206. The summed E-state index contributed by atoms with van der Waals surface area (Å²) in [5.74, 6) is -1.54. The molecule has 12 heavy (non-hydrogen) atoms. The van der Waals surface area contributed by atoms with Gasteiger partial charge in [-0.05, 0) is 6.92 Å². The van der Waals surface area contributed by atoms with Crippen LogP contribution in [0.25, 0.3) is 0 Å². The van der Waals surface area contributed by atoms with E-state index in [1.54, 1.807) is 0 Å². The van der Waals surface area contributed by atoms with Crippen LogP contribution in [0.15, 0.2) is 0 Å². The zero-order chi connectivity index (χ0) is 9.78. The highest BCUT2D eigenvalue weighted by Gasteiger charge is 2.27. The lowest BCUT2D eigenvalue weighted by molar-refractivity contribution is -0.145. The largest absolute Gasteiger partial charge is 0.478 e. The van der Waals surface area contributed by atoms with Gasteiger partial charge in [0.1, 0.15) is 0 Å². The molecule has 0 aliphatic heterocycles. The summed E-state index contributed by atoms with van der Waals surface area (Å²) in [4.78, 5) is 18.7. The van der Waals surface area contributed by atoms with Crippen molar-refractivity contribution < 1.29 is 28.4 Å². The van der Waals surface area contributed by atoms with Crippen molar-refractivity contribution in [3.63, 3.8) is 0 Å². The van der Waals surface area contributed by atoms with Crippen LogP contribution in [0.2, 0.25) is 0 Å². The number of hydrogen-bond acceptors (Lipinski definition) is 5. The molecule has 0 aliphatic carbocycles. The molecule has 7 nitrogen and oxygen atoms in total. The first kappa shape index (κ1) is 11.5. The summed E-state index contributed by atoms with van der Waals surface area (Å²) >= 11 is 0. The molecule has 0 heterocycles. The maximum Gasteiger partial charge on any atom is 0.474 e. The van der Waals surface area contributed by atoms with E-state index in [1.165, 1.54) is 6.92 Å². The van der Waals surface area contributed by atoms with E-state index in [9.17, 15) is 9.36 Å². The number of rotatable bonds is 5. The smallest absolute Gasteiger partial charge is 0.474 e. The molecule has 0 rings (SSSR count). The summed E-state index contributed by atoms with van der Waals surface area (Å²) in [6, 6.07) is 0. The number of carboxylic acid groups (broad SMARTS) is 1. The van der Waals surface area contributed by atoms with Crippen LogP contribution in [0.5, 0.6) is 0 Å². The second-order valence-corrected chi connectivity index (χ2v) is 3.16. The molecule has 0 bridgehead atoms. The number of aliphatic carboxylic acids is 1. The van der Waals surface area contributed by atoms with Gasteiger partial charge in [-0.25, -0.2) is 9.36 Å². The highest BCUT2D eigenvalue weighted by Crippen LogP contribution is 2.43. The van der Waals surface area contributed by atoms with E-state index < -0.39 is 20.0 Å². The average molecular weight is 199 g/mol. The van der Waals surface area contributed by atoms with Crippen molar-refractivity contribution in [2.24, 2.45) is 5.73 Å². The standard InChI is InChI=1S/C4H10NO6P/c1-2-10-12(8,9)11-3(5)4(6)7/h3H,2,5H2,1H3,(H,6,7)(H,8,9)/t3-/m0/s1. The molecular formula is C4H10NO6P. The van der Waals surface area contributed by atoms with Crippen LogP contribution in [-0.2, 0) is 18.4 Å². The maximum atomic E-state index is 10.7. The summed E-state index contributed by atoms with van der Waals surface area (Å²) in [7, 11) is -4.31. The Kier molecular flexibility index (Phi) is 4.36. The molecule has 0 saturated heterocycles. The zero-order valence-corrected chi connectivity index (χ0v) is 7.23. The minimum Gasteiger partial charge on any atom is -0.478 e. The molecule has 2 atom stereocenters. The molecule has 72 valence electrons. The fourth-order valence-corrected chi connectivity index (χ4v) is 1.15. The van der Waals surface area contributed by atoms with Gasteiger partial charge in [0.25, 0.3) is 0 Å². The third-order valence-electron chi connectivity index (χ3n) is 0.782. The van der Waals surface area contributed by atoms with Crippen LogP contribution in [0.1, 0.15) is 6.92 Å².